The molecule has 0 atom stereocenters. The van der Waals surface area contributed by atoms with E-state index in [1.165, 1.54) is 22.3 Å². The number of para-hydroxylation sites is 4. The quantitative estimate of drug-likeness (QED) is 0.0847. The van der Waals surface area contributed by atoms with Gasteiger partial charge in [-0.1, -0.05) is 345 Å². The third-order valence-corrected chi connectivity index (χ3v) is 25.8. The summed E-state index contributed by atoms with van der Waals surface area (Å²) in [6.45, 7) is 8.32. The van der Waals surface area contributed by atoms with E-state index in [2.05, 4.69) is 336 Å². The zero-order valence-corrected chi connectivity index (χ0v) is 73.2. The lowest BCUT2D eigenvalue weighted by Gasteiger charge is -2.32. The van der Waals surface area contributed by atoms with Crippen LogP contribution in [0, 0.1) is 0 Å². The number of aromatic nitrogens is 8. The number of nitrogens with zero attached hydrogens (tertiary/aromatic N) is 8. The smallest absolute Gasteiger partial charge is 0.456 e. The molecule has 0 unspecified atom stereocenters. The standard InChI is InChI=1S/C56H34N4O.C44H37BN2O2.C18H9ClN2O/c1-2-8-35(9-3-1)36-22-26-42(27-23-36)55-46-11-4-6-12-48(46)59-56(60-55)43-28-24-40(25-29-43)38-16-14-37(15-17-38)39-18-20-41(21-19-39)44-30-31-49-50(32-44)58-52-34-54-47(33-51(52)57-49)45-10-5-7-13-53(45)61-54;1-43(2)44(3,4)49-45(48-43)38-28-26-35(27-29-38)33-16-14-32(15-17-33)34-20-24-37(25-21-34)42-46-40-13-9-8-12-39(40)41(47-42)36-22-18-31(19-23-36)30-10-6-5-7-11-30;19-10-5-6-13-14(7-10)21-16-9-18-12(8-15(16)20-13)11-3-1-2-4-17(11)22-18/h1-34H;5-29H,1-4H3;1-9H. The predicted octanol–water partition coefficient (Wildman–Crippen LogP) is 30.2. The molecule has 6 aromatic heterocycles. The SMILES string of the molecule is CC1(C)OB(c2ccc(-c3ccc(-c4ccc(-c5nc(-c6ccc(-c7ccccc7)cc6)c6ccccc6n5)cc4)cc3)cc2)OC1(C)C.Clc1ccc2nc3cc4c(cc3nc2c1)oc1ccccc14.c1ccc(-c2ccc(-c3nc(-c4ccc(-c5ccc(-c6ccc(-c7ccc8nc9cc%10c(cc9nc8c7)oc7ccccc7%10)cc6)cc5)cc4)nc4ccccc34)cc2)cc1. The highest BCUT2D eigenvalue weighted by Gasteiger charge is 2.51. The van der Waals surface area contributed by atoms with Crippen LogP contribution in [0.5, 0.6) is 0 Å². The number of fused-ring (bicyclic) bond motifs is 12. The number of rotatable bonds is 12. The van der Waals surface area contributed by atoms with Crippen molar-refractivity contribution >= 4 is 134 Å². The predicted molar refractivity (Wildman–Crippen MR) is 542 cm³/mol. The summed E-state index contributed by atoms with van der Waals surface area (Å²) in [7, 11) is -0.359. The van der Waals surface area contributed by atoms with Crippen molar-refractivity contribution in [2.75, 3.05) is 0 Å². The zero-order valence-electron chi connectivity index (χ0n) is 72.4. The molecule has 25 rings (SSSR count). The van der Waals surface area contributed by atoms with Gasteiger partial charge in [0.1, 0.15) is 22.3 Å². The molecule has 132 heavy (non-hydrogen) atoms. The van der Waals surface area contributed by atoms with Gasteiger partial charge in [-0.05, 0) is 178 Å². The minimum Gasteiger partial charge on any atom is -0.456 e. The van der Waals surface area contributed by atoms with E-state index in [1.54, 1.807) is 0 Å². The molecule has 12 nitrogen and oxygen atoms in total. The first-order valence-electron chi connectivity index (χ1n) is 44.2. The topological polar surface area (TPSA) is 148 Å². The fraction of sp³-hybridized carbons (Fsp3) is 0.0508. The minimum absolute atomic E-state index is 0.355. The van der Waals surface area contributed by atoms with Gasteiger partial charge in [-0.15, -0.1) is 0 Å². The molecule has 24 aromatic rings. The molecule has 1 saturated heterocycles. The van der Waals surface area contributed by atoms with Crippen LogP contribution in [0.2, 0.25) is 5.02 Å². The number of hydrogen-bond acceptors (Lipinski definition) is 12. The van der Waals surface area contributed by atoms with Crippen molar-refractivity contribution in [3.8, 4) is 123 Å². The molecule has 0 amide bonds. The summed E-state index contributed by atoms with van der Waals surface area (Å²) in [5.74, 6) is 1.42. The Kier molecular flexibility index (Phi) is 20.3. The van der Waals surface area contributed by atoms with Crippen molar-refractivity contribution in [3.05, 3.63) is 418 Å². The van der Waals surface area contributed by atoms with E-state index in [0.29, 0.717) is 16.7 Å². The number of furan rings is 2. The molecular formula is C118H80BClN8O4. The van der Waals surface area contributed by atoms with Crippen LogP contribution in [0.1, 0.15) is 27.7 Å². The highest BCUT2D eigenvalue weighted by atomic mass is 35.5. The summed E-state index contributed by atoms with van der Waals surface area (Å²) in [5, 5.41) is 7.04. The van der Waals surface area contributed by atoms with Crippen molar-refractivity contribution < 1.29 is 18.1 Å². The minimum atomic E-state index is -0.359. The van der Waals surface area contributed by atoms with Crippen LogP contribution in [0.25, 0.3) is 233 Å². The van der Waals surface area contributed by atoms with Gasteiger partial charge in [0.25, 0.3) is 0 Å². The number of hydrogen-bond donors (Lipinski definition) is 0. The molecule has 0 N–H and O–H groups in total. The Labute approximate surface area is 766 Å². The second-order valence-electron chi connectivity index (χ2n) is 34.5. The van der Waals surface area contributed by atoms with E-state index < -0.39 is 0 Å². The highest BCUT2D eigenvalue weighted by molar-refractivity contribution is 6.62. The van der Waals surface area contributed by atoms with Crippen LogP contribution >= 0.6 is 11.6 Å². The van der Waals surface area contributed by atoms with E-state index in [4.69, 9.17) is 64.6 Å². The Bertz CT molecular complexity index is 8520. The summed E-state index contributed by atoms with van der Waals surface area (Å²) < 4.78 is 24.5. The van der Waals surface area contributed by atoms with Crippen molar-refractivity contribution in [3.63, 3.8) is 0 Å². The second kappa shape index (κ2) is 33.4. The van der Waals surface area contributed by atoms with E-state index in [1.807, 2.05) is 109 Å². The van der Waals surface area contributed by atoms with Crippen molar-refractivity contribution in [2.24, 2.45) is 0 Å². The van der Waals surface area contributed by atoms with Gasteiger partial charge in [-0.2, -0.15) is 0 Å². The van der Waals surface area contributed by atoms with E-state index in [-0.39, 0.29) is 18.3 Å². The highest BCUT2D eigenvalue weighted by Crippen LogP contribution is 2.42. The van der Waals surface area contributed by atoms with Crippen LogP contribution in [0.4, 0.5) is 0 Å². The number of halogens is 1. The molecule has 1 aliphatic rings. The van der Waals surface area contributed by atoms with Crippen LogP contribution in [-0.2, 0) is 9.31 Å². The molecule has 0 radical (unpaired) electrons. The van der Waals surface area contributed by atoms with Crippen LogP contribution < -0.4 is 5.46 Å². The summed E-state index contributed by atoms with van der Waals surface area (Å²) in [4.78, 5) is 39.5. The maximum absolute atomic E-state index is 6.23. The Hall–Kier alpha value is -16.3. The Morgan fingerprint density at radius 3 is 0.871 bits per heavy atom. The van der Waals surface area contributed by atoms with Gasteiger partial charge in [0, 0.05) is 71.7 Å². The van der Waals surface area contributed by atoms with Gasteiger partial charge in [0.2, 0.25) is 0 Å². The average molecular weight is 1720 g/mol. The molecule has 14 heteroatoms. The summed E-state index contributed by atoms with van der Waals surface area (Å²) in [6, 6.07) is 142. The molecule has 0 spiro atoms. The summed E-state index contributed by atoms with van der Waals surface area (Å²) in [6.07, 6.45) is 0. The molecule has 0 aliphatic carbocycles. The zero-order chi connectivity index (χ0) is 88.5. The Balaban J connectivity index is 0.000000124. The molecule has 18 aromatic carbocycles. The van der Waals surface area contributed by atoms with Gasteiger partial charge in [0.15, 0.2) is 11.6 Å². The molecule has 1 fully saturated rings. The van der Waals surface area contributed by atoms with Gasteiger partial charge in [0.05, 0.1) is 77.8 Å². The van der Waals surface area contributed by atoms with Crippen molar-refractivity contribution in [2.45, 2.75) is 38.9 Å². The maximum Gasteiger partial charge on any atom is 0.494 e. The summed E-state index contributed by atoms with van der Waals surface area (Å²) >= 11 is 6.03. The van der Waals surface area contributed by atoms with E-state index in [9.17, 15) is 0 Å². The largest absolute Gasteiger partial charge is 0.494 e. The van der Waals surface area contributed by atoms with Crippen LogP contribution in [0.3, 0.4) is 0 Å². The Morgan fingerprint density at radius 1 is 0.197 bits per heavy atom. The lowest BCUT2D eigenvalue weighted by molar-refractivity contribution is 0.00578. The first-order valence-corrected chi connectivity index (χ1v) is 44.6. The number of benzene rings is 18. The fourth-order valence-corrected chi connectivity index (χ4v) is 17.9. The molecular weight excluding hydrogens is 1640 g/mol. The summed E-state index contributed by atoms with van der Waals surface area (Å²) in [5.41, 5.74) is 34.4. The van der Waals surface area contributed by atoms with Crippen molar-refractivity contribution in [1.82, 2.24) is 39.9 Å². The molecule has 7 heterocycles. The lowest BCUT2D eigenvalue weighted by atomic mass is 9.78. The normalized spacial score (nSPS) is 12.9. The van der Waals surface area contributed by atoms with Gasteiger partial charge < -0.3 is 18.1 Å². The third-order valence-electron chi connectivity index (χ3n) is 25.6. The molecule has 0 saturated carbocycles. The van der Waals surface area contributed by atoms with Crippen molar-refractivity contribution in [1.29, 1.82) is 0 Å². The monoisotopic (exact) mass is 1720 g/mol. The molecule has 626 valence electrons. The van der Waals surface area contributed by atoms with Crippen LogP contribution in [-0.4, -0.2) is 58.2 Å². The maximum atomic E-state index is 6.23. The van der Waals surface area contributed by atoms with Gasteiger partial charge in [-0.25, -0.2) is 39.9 Å². The van der Waals surface area contributed by atoms with E-state index >= 15 is 0 Å². The second-order valence-corrected chi connectivity index (χ2v) is 34.9. The fourth-order valence-electron chi connectivity index (χ4n) is 17.7. The lowest BCUT2D eigenvalue weighted by Crippen LogP contribution is -2.41. The Morgan fingerprint density at radius 2 is 0.477 bits per heavy atom. The van der Waals surface area contributed by atoms with E-state index in [0.717, 1.165) is 205 Å². The van der Waals surface area contributed by atoms with Gasteiger partial charge in [-0.3, -0.25) is 0 Å². The van der Waals surface area contributed by atoms with Gasteiger partial charge >= 0.3 is 7.12 Å². The van der Waals surface area contributed by atoms with Crippen LogP contribution in [0.15, 0.2) is 421 Å². The third kappa shape index (κ3) is 15.6. The average Bonchev–Trinajstić information content (AvgIpc) is 1.54. The first-order chi connectivity index (χ1) is 64.7. The molecule has 0 bridgehead atoms. The molecule has 1 aliphatic heterocycles. The first kappa shape index (κ1) is 80.3.